The first-order valence-electron chi connectivity index (χ1n) is 5.37. The van der Waals surface area contributed by atoms with E-state index < -0.39 is 12.0 Å². The third-order valence-corrected chi connectivity index (χ3v) is 2.56. The van der Waals surface area contributed by atoms with Crippen LogP contribution in [0.4, 0.5) is 0 Å². The molecule has 0 saturated heterocycles. The normalized spacial score (nSPS) is 14.5. The molecule has 0 radical (unpaired) electrons. The van der Waals surface area contributed by atoms with Crippen molar-refractivity contribution in [1.29, 1.82) is 0 Å². The number of fused-ring (bicyclic) bond motifs is 1. The van der Waals surface area contributed by atoms with E-state index in [1.807, 2.05) is 0 Å². The fourth-order valence-corrected chi connectivity index (χ4v) is 1.56. The van der Waals surface area contributed by atoms with Crippen molar-refractivity contribution >= 4 is 5.91 Å². The lowest BCUT2D eigenvalue weighted by atomic mass is 10.1. The minimum Gasteiger partial charge on any atom is -0.507 e. The Hall–Kier alpha value is -1.99. The highest BCUT2D eigenvalue weighted by Crippen LogP contribution is 2.37. The SMILES string of the molecule is NC(=O)C(O)CNCc1cc2c(cc1O)OCO2. The summed E-state index contributed by atoms with van der Waals surface area (Å²) in [7, 11) is 0. The van der Waals surface area contributed by atoms with Gasteiger partial charge >= 0.3 is 0 Å². The molecule has 0 bridgehead atoms. The summed E-state index contributed by atoms with van der Waals surface area (Å²) in [5.74, 6) is 0.311. The van der Waals surface area contributed by atoms with Crippen LogP contribution in [0.2, 0.25) is 0 Å². The number of hydrogen-bond acceptors (Lipinski definition) is 6. The van der Waals surface area contributed by atoms with Gasteiger partial charge in [0.2, 0.25) is 12.7 Å². The molecule has 0 saturated carbocycles. The highest BCUT2D eigenvalue weighted by Gasteiger charge is 2.17. The van der Waals surface area contributed by atoms with Gasteiger partial charge in [-0.25, -0.2) is 0 Å². The number of aliphatic hydroxyl groups excluding tert-OH is 1. The van der Waals surface area contributed by atoms with Crippen LogP contribution in [0.1, 0.15) is 5.56 Å². The van der Waals surface area contributed by atoms with Crippen LogP contribution in [0.5, 0.6) is 17.2 Å². The number of hydrogen-bond donors (Lipinski definition) is 4. The van der Waals surface area contributed by atoms with Crippen LogP contribution in [0, 0.1) is 0 Å². The second-order valence-electron chi connectivity index (χ2n) is 3.88. The van der Waals surface area contributed by atoms with E-state index >= 15 is 0 Å². The van der Waals surface area contributed by atoms with E-state index in [9.17, 15) is 15.0 Å². The molecule has 98 valence electrons. The summed E-state index contributed by atoms with van der Waals surface area (Å²) in [5, 5.41) is 21.7. The highest BCUT2D eigenvalue weighted by molar-refractivity contribution is 5.78. The molecule has 0 aromatic heterocycles. The predicted octanol–water partition coefficient (Wildman–Crippen LogP) is -0.943. The first kappa shape index (κ1) is 12.5. The molecular formula is C11H14N2O5. The maximum atomic E-state index is 10.6. The van der Waals surface area contributed by atoms with Crippen molar-refractivity contribution < 1.29 is 24.5 Å². The van der Waals surface area contributed by atoms with Crippen molar-refractivity contribution in [3.63, 3.8) is 0 Å². The number of nitrogens with one attached hydrogen (secondary N) is 1. The monoisotopic (exact) mass is 254 g/mol. The third-order valence-electron chi connectivity index (χ3n) is 2.56. The zero-order chi connectivity index (χ0) is 13.1. The number of rotatable bonds is 5. The Labute approximate surface area is 103 Å². The number of amides is 1. The molecule has 2 rings (SSSR count). The quantitative estimate of drug-likeness (QED) is 0.539. The van der Waals surface area contributed by atoms with Gasteiger partial charge in [-0.05, 0) is 6.07 Å². The number of phenolic OH excluding ortho intramolecular Hbond substituents is 1. The largest absolute Gasteiger partial charge is 0.507 e. The zero-order valence-corrected chi connectivity index (χ0v) is 9.55. The van der Waals surface area contributed by atoms with Crippen molar-refractivity contribution in [3.05, 3.63) is 17.7 Å². The Morgan fingerprint density at radius 2 is 2.11 bits per heavy atom. The zero-order valence-electron chi connectivity index (χ0n) is 9.55. The molecular weight excluding hydrogens is 240 g/mol. The molecule has 1 aromatic rings. The van der Waals surface area contributed by atoms with Crippen molar-refractivity contribution in [1.82, 2.24) is 5.32 Å². The minimum atomic E-state index is -1.25. The standard InChI is InChI=1S/C11H14N2O5/c12-11(16)8(15)4-13-3-6-1-9-10(2-7(6)14)18-5-17-9/h1-2,8,13-15H,3-5H2,(H2,12,16). The number of nitrogens with two attached hydrogens (primary N) is 1. The number of benzene rings is 1. The van der Waals surface area contributed by atoms with Gasteiger partial charge in [0.25, 0.3) is 0 Å². The lowest BCUT2D eigenvalue weighted by molar-refractivity contribution is -0.125. The van der Waals surface area contributed by atoms with Gasteiger partial charge < -0.3 is 30.7 Å². The number of ether oxygens (including phenoxy) is 2. The molecule has 7 nitrogen and oxygen atoms in total. The van der Waals surface area contributed by atoms with E-state index in [1.54, 1.807) is 6.07 Å². The molecule has 0 fully saturated rings. The number of primary amides is 1. The fourth-order valence-electron chi connectivity index (χ4n) is 1.56. The predicted molar refractivity (Wildman–Crippen MR) is 61.1 cm³/mol. The van der Waals surface area contributed by atoms with E-state index in [4.69, 9.17) is 15.2 Å². The molecule has 1 amide bonds. The Morgan fingerprint density at radius 1 is 1.44 bits per heavy atom. The van der Waals surface area contributed by atoms with E-state index in [0.29, 0.717) is 17.1 Å². The van der Waals surface area contributed by atoms with Crippen molar-refractivity contribution in [2.24, 2.45) is 5.73 Å². The average Bonchev–Trinajstić information content (AvgIpc) is 2.75. The summed E-state index contributed by atoms with van der Waals surface area (Å²) in [6.07, 6.45) is -1.25. The number of aliphatic hydroxyl groups is 1. The lowest BCUT2D eigenvalue weighted by Crippen LogP contribution is -2.37. The van der Waals surface area contributed by atoms with Gasteiger partial charge in [-0.2, -0.15) is 0 Å². The van der Waals surface area contributed by atoms with Crippen molar-refractivity contribution in [3.8, 4) is 17.2 Å². The molecule has 1 unspecified atom stereocenters. The van der Waals surface area contributed by atoms with Crippen molar-refractivity contribution in [2.45, 2.75) is 12.6 Å². The fraction of sp³-hybridized carbons (Fsp3) is 0.364. The summed E-state index contributed by atoms with van der Waals surface area (Å²) in [6, 6.07) is 3.10. The summed E-state index contributed by atoms with van der Waals surface area (Å²) in [4.78, 5) is 10.6. The van der Waals surface area contributed by atoms with Gasteiger partial charge in [0.05, 0.1) is 0 Å². The van der Waals surface area contributed by atoms with Crippen LogP contribution < -0.4 is 20.5 Å². The molecule has 1 heterocycles. The molecule has 18 heavy (non-hydrogen) atoms. The Balaban J connectivity index is 1.96. The van der Waals surface area contributed by atoms with Crippen LogP contribution in [0.25, 0.3) is 0 Å². The number of carbonyl (C=O) groups excluding carboxylic acids is 1. The second-order valence-corrected chi connectivity index (χ2v) is 3.88. The topological polar surface area (TPSA) is 114 Å². The summed E-state index contributed by atoms with van der Waals surface area (Å²) >= 11 is 0. The number of carbonyl (C=O) groups is 1. The Bertz CT molecular complexity index is 463. The maximum absolute atomic E-state index is 10.6. The van der Waals surface area contributed by atoms with Gasteiger partial charge in [0, 0.05) is 24.7 Å². The van der Waals surface area contributed by atoms with E-state index in [-0.39, 0.29) is 25.6 Å². The smallest absolute Gasteiger partial charge is 0.247 e. The highest BCUT2D eigenvalue weighted by atomic mass is 16.7. The van der Waals surface area contributed by atoms with Gasteiger partial charge in [-0.1, -0.05) is 0 Å². The first-order chi connectivity index (χ1) is 8.58. The van der Waals surface area contributed by atoms with Crippen LogP contribution in [0.3, 0.4) is 0 Å². The van der Waals surface area contributed by atoms with Gasteiger partial charge in [0.1, 0.15) is 11.9 Å². The van der Waals surface area contributed by atoms with E-state index in [2.05, 4.69) is 5.32 Å². The van der Waals surface area contributed by atoms with Crippen LogP contribution in [-0.2, 0) is 11.3 Å². The Kier molecular flexibility index (Phi) is 3.54. The number of phenols is 1. The van der Waals surface area contributed by atoms with E-state index in [1.165, 1.54) is 6.07 Å². The maximum Gasteiger partial charge on any atom is 0.247 e. The first-order valence-corrected chi connectivity index (χ1v) is 5.37. The van der Waals surface area contributed by atoms with Crippen LogP contribution in [0.15, 0.2) is 12.1 Å². The number of aromatic hydroxyl groups is 1. The summed E-state index contributed by atoms with van der Waals surface area (Å²) in [6.45, 7) is 0.419. The molecule has 5 N–H and O–H groups in total. The minimum absolute atomic E-state index is 0.0171. The van der Waals surface area contributed by atoms with Gasteiger partial charge in [-0.15, -0.1) is 0 Å². The average molecular weight is 254 g/mol. The molecule has 1 aliphatic heterocycles. The van der Waals surface area contributed by atoms with Crippen LogP contribution >= 0.6 is 0 Å². The molecule has 1 aromatic carbocycles. The molecule has 0 spiro atoms. The third kappa shape index (κ3) is 2.63. The molecule has 0 aliphatic carbocycles. The van der Waals surface area contributed by atoms with Gasteiger partial charge in [0.15, 0.2) is 11.5 Å². The summed E-state index contributed by atoms with van der Waals surface area (Å²) < 4.78 is 10.3. The molecule has 1 atom stereocenters. The van der Waals surface area contributed by atoms with Gasteiger partial charge in [-0.3, -0.25) is 4.79 Å². The summed E-state index contributed by atoms with van der Waals surface area (Å²) in [5.41, 5.74) is 5.48. The second kappa shape index (κ2) is 5.11. The van der Waals surface area contributed by atoms with E-state index in [0.717, 1.165) is 0 Å². The molecule has 7 heteroatoms. The Morgan fingerprint density at radius 3 is 2.78 bits per heavy atom. The lowest BCUT2D eigenvalue weighted by Gasteiger charge is -2.10. The van der Waals surface area contributed by atoms with Crippen molar-refractivity contribution in [2.75, 3.05) is 13.3 Å². The molecule has 1 aliphatic rings. The van der Waals surface area contributed by atoms with Crippen LogP contribution in [-0.4, -0.2) is 35.6 Å².